The van der Waals surface area contributed by atoms with Crippen molar-refractivity contribution in [2.45, 2.75) is 37.2 Å². The molecule has 210 valence electrons. The van der Waals surface area contributed by atoms with Crippen LogP contribution in [0.4, 0.5) is 5.69 Å². The first-order valence-corrected chi connectivity index (χ1v) is 15.8. The molecule has 1 fully saturated rings. The van der Waals surface area contributed by atoms with E-state index in [-0.39, 0.29) is 6.04 Å². The zero-order valence-corrected chi connectivity index (χ0v) is 24.1. The molecule has 2 atom stereocenters. The van der Waals surface area contributed by atoms with Crippen molar-refractivity contribution in [3.8, 4) is 0 Å². The molecule has 0 spiro atoms. The lowest BCUT2D eigenvalue weighted by Gasteiger charge is -2.40. The first kappa shape index (κ1) is 27.4. The second kappa shape index (κ2) is 12.0. The lowest BCUT2D eigenvalue weighted by atomic mass is 9.92. The molecule has 2 heterocycles. The molecule has 0 bridgehead atoms. The predicted molar refractivity (Wildman–Crippen MR) is 167 cm³/mol. The van der Waals surface area contributed by atoms with Crippen molar-refractivity contribution in [3.63, 3.8) is 0 Å². The summed E-state index contributed by atoms with van der Waals surface area (Å²) < 4.78 is 29.9. The fourth-order valence-corrected chi connectivity index (χ4v) is 7.31. The first-order valence-electron chi connectivity index (χ1n) is 14.3. The maximum Gasteiger partial charge on any atom is 0.241 e. The Labute approximate surface area is 242 Å². The van der Waals surface area contributed by atoms with Crippen LogP contribution in [0.2, 0.25) is 0 Å². The molecular weight excluding hydrogens is 528 g/mol. The number of piperidine rings is 1. The van der Waals surface area contributed by atoms with Crippen LogP contribution in [0.5, 0.6) is 0 Å². The molecule has 5 aromatic rings. The third-order valence-electron chi connectivity index (χ3n) is 8.12. The molecule has 0 radical (unpaired) electrons. The van der Waals surface area contributed by atoms with Gasteiger partial charge in [0.05, 0.1) is 10.4 Å². The standard InChI is InChI=1S/C34H36N4O2S/c1-25-20-33(31-15-7-8-16-32(31)37-25)35-21-27-18-19-29(38(24-27)23-26-10-3-2-4-11-26)22-36-41(39,40)34-17-9-13-28-12-5-6-14-30(28)34/h2-17,20,27,29,36H,18-19,21-24H2,1H3,(H,35,37)/t27-,29-/m1/s1. The molecule has 6 rings (SSSR count). The van der Waals surface area contributed by atoms with Crippen LogP contribution < -0.4 is 10.0 Å². The number of nitrogens with zero attached hydrogens (tertiary/aromatic N) is 2. The van der Waals surface area contributed by atoms with Gasteiger partial charge >= 0.3 is 0 Å². The predicted octanol–water partition coefficient (Wildman–Crippen LogP) is 6.37. The topological polar surface area (TPSA) is 74.3 Å². The Morgan fingerprint density at radius 2 is 1.56 bits per heavy atom. The highest BCUT2D eigenvalue weighted by Crippen LogP contribution is 2.28. The van der Waals surface area contributed by atoms with Gasteiger partial charge in [-0.05, 0) is 54.8 Å². The van der Waals surface area contributed by atoms with Crippen LogP contribution in [-0.4, -0.2) is 44.0 Å². The summed E-state index contributed by atoms with van der Waals surface area (Å²) in [6.07, 6.45) is 1.95. The monoisotopic (exact) mass is 564 g/mol. The molecule has 0 unspecified atom stereocenters. The number of anilines is 1. The number of rotatable bonds is 9. The summed E-state index contributed by atoms with van der Waals surface area (Å²) in [7, 11) is -3.66. The van der Waals surface area contributed by atoms with Crippen LogP contribution in [0, 0.1) is 12.8 Å². The van der Waals surface area contributed by atoms with Gasteiger partial charge in [-0.25, -0.2) is 13.1 Å². The van der Waals surface area contributed by atoms with Crippen molar-refractivity contribution in [1.82, 2.24) is 14.6 Å². The van der Waals surface area contributed by atoms with E-state index in [0.29, 0.717) is 17.4 Å². The van der Waals surface area contributed by atoms with Crippen LogP contribution in [0.15, 0.2) is 108 Å². The number of para-hydroxylation sites is 1. The average molecular weight is 565 g/mol. The summed E-state index contributed by atoms with van der Waals surface area (Å²) in [5, 5.41) is 6.52. The molecule has 1 saturated heterocycles. The van der Waals surface area contributed by atoms with Crippen molar-refractivity contribution >= 4 is 37.4 Å². The number of hydrogen-bond donors (Lipinski definition) is 2. The number of pyridine rings is 1. The highest BCUT2D eigenvalue weighted by Gasteiger charge is 2.30. The van der Waals surface area contributed by atoms with E-state index < -0.39 is 10.0 Å². The molecular formula is C34H36N4O2S. The van der Waals surface area contributed by atoms with Gasteiger partial charge in [0.25, 0.3) is 0 Å². The number of sulfonamides is 1. The van der Waals surface area contributed by atoms with E-state index in [4.69, 9.17) is 0 Å². The normalized spacial score (nSPS) is 18.1. The minimum absolute atomic E-state index is 0.111. The van der Waals surface area contributed by atoms with Crippen molar-refractivity contribution in [2.75, 3.05) is 25.0 Å². The second-order valence-electron chi connectivity index (χ2n) is 11.1. The lowest BCUT2D eigenvalue weighted by molar-refractivity contribution is 0.106. The Morgan fingerprint density at radius 1 is 0.829 bits per heavy atom. The molecule has 0 aliphatic carbocycles. The zero-order valence-electron chi connectivity index (χ0n) is 23.3. The highest BCUT2D eigenvalue weighted by molar-refractivity contribution is 7.89. The van der Waals surface area contributed by atoms with E-state index in [1.165, 1.54) is 5.56 Å². The molecule has 0 amide bonds. The quantitative estimate of drug-likeness (QED) is 0.218. The zero-order chi connectivity index (χ0) is 28.2. The van der Waals surface area contributed by atoms with Gasteiger partial charge in [-0.2, -0.15) is 0 Å². The van der Waals surface area contributed by atoms with E-state index >= 15 is 0 Å². The van der Waals surface area contributed by atoms with Crippen LogP contribution >= 0.6 is 0 Å². The number of hydrogen-bond acceptors (Lipinski definition) is 5. The number of fused-ring (bicyclic) bond motifs is 2. The van der Waals surface area contributed by atoms with Crippen molar-refractivity contribution in [1.29, 1.82) is 0 Å². The Hall–Kier alpha value is -3.78. The molecule has 1 aliphatic rings. The van der Waals surface area contributed by atoms with Gasteiger partial charge in [-0.15, -0.1) is 0 Å². The van der Waals surface area contributed by atoms with E-state index in [9.17, 15) is 8.42 Å². The number of aryl methyl sites for hydroxylation is 1. The smallest absolute Gasteiger partial charge is 0.241 e. The summed E-state index contributed by atoms with van der Waals surface area (Å²) in [6.45, 7) is 4.95. The summed E-state index contributed by atoms with van der Waals surface area (Å²) in [5.74, 6) is 0.442. The molecule has 6 nitrogen and oxygen atoms in total. The van der Waals surface area contributed by atoms with E-state index in [1.54, 1.807) is 6.07 Å². The van der Waals surface area contributed by atoms with E-state index in [1.807, 2.05) is 55.5 Å². The number of nitrogens with one attached hydrogen (secondary N) is 2. The van der Waals surface area contributed by atoms with Gasteiger partial charge < -0.3 is 5.32 Å². The van der Waals surface area contributed by atoms with E-state index in [0.717, 1.165) is 65.5 Å². The van der Waals surface area contributed by atoms with Gasteiger partial charge in [0.2, 0.25) is 10.0 Å². The van der Waals surface area contributed by atoms with Crippen molar-refractivity contribution in [3.05, 3.63) is 114 Å². The van der Waals surface area contributed by atoms with Gasteiger partial charge in [0.15, 0.2) is 0 Å². The van der Waals surface area contributed by atoms with Gasteiger partial charge in [0.1, 0.15) is 0 Å². The Balaban J connectivity index is 1.17. The Morgan fingerprint density at radius 3 is 2.41 bits per heavy atom. The molecule has 2 N–H and O–H groups in total. The van der Waals surface area contributed by atoms with Gasteiger partial charge in [0, 0.05) is 54.4 Å². The van der Waals surface area contributed by atoms with Crippen molar-refractivity contribution in [2.24, 2.45) is 5.92 Å². The summed E-state index contributed by atoms with van der Waals surface area (Å²) in [5.41, 5.74) is 4.36. The van der Waals surface area contributed by atoms with E-state index in [2.05, 4.69) is 68.5 Å². The summed E-state index contributed by atoms with van der Waals surface area (Å²) in [6, 6.07) is 34.0. The second-order valence-corrected chi connectivity index (χ2v) is 12.8. The molecule has 4 aromatic carbocycles. The fourth-order valence-electron chi connectivity index (χ4n) is 6.01. The summed E-state index contributed by atoms with van der Waals surface area (Å²) in [4.78, 5) is 7.46. The number of benzene rings is 4. The van der Waals surface area contributed by atoms with Crippen LogP contribution in [0.25, 0.3) is 21.7 Å². The van der Waals surface area contributed by atoms with Crippen LogP contribution in [-0.2, 0) is 16.6 Å². The van der Waals surface area contributed by atoms with Crippen LogP contribution in [0.3, 0.4) is 0 Å². The lowest BCUT2D eigenvalue weighted by Crippen LogP contribution is -2.49. The van der Waals surface area contributed by atoms with Crippen molar-refractivity contribution < 1.29 is 8.42 Å². The third kappa shape index (κ3) is 6.27. The molecule has 1 aliphatic heterocycles. The maximum absolute atomic E-state index is 13.5. The maximum atomic E-state index is 13.5. The summed E-state index contributed by atoms with van der Waals surface area (Å²) >= 11 is 0. The average Bonchev–Trinajstić information content (AvgIpc) is 2.99. The fraction of sp³-hybridized carbons (Fsp3) is 0.265. The molecule has 0 saturated carbocycles. The third-order valence-corrected chi connectivity index (χ3v) is 9.60. The first-order chi connectivity index (χ1) is 20.0. The molecule has 1 aromatic heterocycles. The van der Waals surface area contributed by atoms with Gasteiger partial charge in [-0.1, -0.05) is 84.9 Å². The minimum Gasteiger partial charge on any atom is -0.384 e. The SMILES string of the molecule is Cc1cc(NC[C@H]2CC[C@H](CNS(=O)(=O)c3cccc4ccccc34)N(Cc3ccccc3)C2)c2ccccc2n1. The largest absolute Gasteiger partial charge is 0.384 e. The van der Waals surface area contributed by atoms with Crippen LogP contribution in [0.1, 0.15) is 24.1 Å². The molecule has 41 heavy (non-hydrogen) atoms. The highest BCUT2D eigenvalue weighted by atomic mass is 32.2. The minimum atomic E-state index is -3.66. The Kier molecular flexibility index (Phi) is 8.01. The van der Waals surface area contributed by atoms with Gasteiger partial charge in [-0.3, -0.25) is 9.88 Å². The Bertz CT molecular complexity index is 1750. The number of aromatic nitrogens is 1. The number of likely N-dealkylation sites (tertiary alicyclic amines) is 1. The molecule has 7 heteroatoms.